The first kappa shape index (κ1) is 25.2. The van der Waals surface area contributed by atoms with Gasteiger partial charge >= 0.3 is 0 Å². The summed E-state index contributed by atoms with van der Waals surface area (Å²) < 4.78 is 32.3. The molecule has 190 valence electrons. The molecule has 35 heavy (non-hydrogen) atoms. The van der Waals surface area contributed by atoms with Crippen molar-refractivity contribution in [2.24, 2.45) is 0 Å². The van der Waals surface area contributed by atoms with Gasteiger partial charge in [-0.2, -0.15) is 0 Å². The summed E-state index contributed by atoms with van der Waals surface area (Å²) in [4.78, 5) is 15.4. The van der Waals surface area contributed by atoms with Crippen molar-refractivity contribution >= 4 is 17.7 Å². The minimum Gasteiger partial charge on any atom is -0.496 e. The van der Waals surface area contributed by atoms with E-state index in [9.17, 15) is 4.79 Å². The second-order valence-corrected chi connectivity index (χ2v) is 8.24. The predicted octanol–water partition coefficient (Wildman–Crippen LogP) is 2.92. The number of morpholine rings is 2. The van der Waals surface area contributed by atoms with Crippen LogP contribution in [0.5, 0.6) is 11.5 Å². The fraction of sp³-hybridized carbons (Fsp3) is 0.500. The molecule has 0 aliphatic carbocycles. The van der Waals surface area contributed by atoms with E-state index in [1.165, 1.54) is 5.69 Å². The lowest BCUT2D eigenvalue weighted by Gasteiger charge is -2.29. The normalized spacial score (nSPS) is 18.6. The van der Waals surface area contributed by atoms with Gasteiger partial charge in [0.2, 0.25) is 0 Å². The summed E-state index contributed by atoms with van der Waals surface area (Å²) in [5.41, 5.74) is 3.76. The lowest BCUT2D eigenvalue weighted by atomic mass is 10.1. The zero-order valence-electron chi connectivity index (χ0n) is 20.4. The van der Waals surface area contributed by atoms with Gasteiger partial charge in [0.15, 0.2) is 12.6 Å². The largest absolute Gasteiger partial charge is 0.496 e. The van der Waals surface area contributed by atoms with Crippen LogP contribution in [0.2, 0.25) is 0 Å². The van der Waals surface area contributed by atoms with Crippen LogP contribution in [0.1, 0.15) is 22.2 Å². The van der Waals surface area contributed by atoms with Gasteiger partial charge in [-0.3, -0.25) is 4.79 Å². The highest BCUT2D eigenvalue weighted by Crippen LogP contribution is 2.34. The number of ether oxygens (including phenoxy) is 6. The predicted molar refractivity (Wildman–Crippen MR) is 132 cm³/mol. The fourth-order valence-electron chi connectivity index (χ4n) is 4.29. The molecule has 3 fully saturated rings. The van der Waals surface area contributed by atoms with Crippen LogP contribution in [0, 0.1) is 0 Å². The lowest BCUT2D eigenvalue weighted by molar-refractivity contribution is -0.0454. The topological polar surface area (TPSA) is 78.9 Å². The molecule has 9 heteroatoms. The summed E-state index contributed by atoms with van der Waals surface area (Å²) in [6.45, 7) is 7.86. The van der Waals surface area contributed by atoms with E-state index in [1.807, 2.05) is 24.3 Å². The number of rotatable bonds is 6. The summed E-state index contributed by atoms with van der Waals surface area (Å²) in [5.74, 6) is 1.43. The molecule has 0 amide bonds. The number of methoxy groups -OCH3 is 2. The van der Waals surface area contributed by atoms with Gasteiger partial charge in [-0.05, 0) is 36.4 Å². The van der Waals surface area contributed by atoms with Gasteiger partial charge in [0.25, 0.3) is 0 Å². The van der Waals surface area contributed by atoms with Crippen LogP contribution in [0.4, 0.5) is 11.4 Å². The number of carbonyl (C=O) groups excluding carboxylic acids is 1. The third-order valence-electron chi connectivity index (χ3n) is 6.18. The molecule has 9 nitrogen and oxygen atoms in total. The van der Waals surface area contributed by atoms with Crippen molar-refractivity contribution < 1.29 is 33.2 Å². The average Bonchev–Trinajstić information content (AvgIpc) is 3.49. The number of benzene rings is 2. The standard InChI is InChI=1S/C14H19NO4.C12H15NO3/c1-16-13-3-2-11(15-4-6-17-7-5-15)10-12(13)14-18-8-9-19-14;1-15-12-3-2-11(8-10(12)9-14)13-4-6-16-7-5-13/h2-3,10,14H,4-9H2,1H3;2-3,8-9H,4-7H2,1H3. The Bertz CT molecular complexity index is 953. The van der Waals surface area contributed by atoms with E-state index in [0.717, 1.165) is 75.9 Å². The van der Waals surface area contributed by atoms with E-state index < -0.39 is 0 Å². The Morgan fingerprint density at radius 2 is 1.26 bits per heavy atom. The van der Waals surface area contributed by atoms with Gasteiger partial charge in [-0.25, -0.2) is 0 Å². The minimum absolute atomic E-state index is 0.309. The highest BCUT2D eigenvalue weighted by atomic mass is 16.7. The van der Waals surface area contributed by atoms with Gasteiger partial charge in [-0.1, -0.05) is 0 Å². The molecule has 2 aromatic carbocycles. The van der Waals surface area contributed by atoms with Crippen LogP contribution in [0.25, 0.3) is 0 Å². The average molecular weight is 487 g/mol. The van der Waals surface area contributed by atoms with Crippen LogP contribution >= 0.6 is 0 Å². The van der Waals surface area contributed by atoms with E-state index in [-0.39, 0.29) is 6.29 Å². The van der Waals surface area contributed by atoms with Crippen LogP contribution in [-0.2, 0) is 18.9 Å². The summed E-state index contributed by atoms with van der Waals surface area (Å²) in [6.07, 6.45) is 0.513. The Kier molecular flexibility index (Phi) is 9.19. The van der Waals surface area contributed by atoms with Crippen LogP contribution in [-0.4, -0.2) is 86.3 Å². The minimum atomic E-state index is -0.309. The third kappa shape index (κ3) is 6.43. The van der Waals surface area contributed by atoms with Crippen LogP contribution in [0.3, 0.4) is 0 Å². The van der Waals surface area contributed by atoms with E-state index in [2.05, 4.69) is 21.9 Å². The molecule has 0 radical (unpaired) electrons. The number of nitrogens with zero attached hydrogens (tertiary/aromatic N) is 2. The van der Waals surface area contributed by atoms with Crippen LogP contribution in [0.15, 0.2) is 36.4 Å². The first-order valence-electron chi connectivity index (χ1n) is 11.9. The number of hydrogen-bond donors (Lipinski definition) is 0. The molecule has 3 saturated heterocycles. The molecular weight excluding hydrogens is 452 g/mol. The quantitative estimate of drug-likeness (QED) is 0.573. The molecule has 0 saturated carbocycles. The second kappa shape index (κ2) is 12.7. The second-order valence-electron chi connectivity index (χ2n) is 8.24. The Labute approximate surface area is 206 Å². The molecule has 2 aromatic rings. The highest BCUT2D eigenvalue weighted by molar-refractivity contribution is 5.81. The Hall–Kier alpha value is -2.85. The van der Waals surface area contributed by atoms with Gasteiger partial charge in [0.05, 0.1) is 65.0 Å². The van der Waals surface area contributed by atoms with Crippen molar-refractivity contribution in [2.75, 3.05) is 89.8 Å². The molecule has 0 atom stereocenters. The zero-order valence-corrected chi connectivity index (χ0v) is 20.4. The molecular formula is C26H34N2O7. The van der Waals surface area contributed by atoms with Crippen LogP contribution < -0.4 is 19.3 Å². The molecule has 3 aliphatic heterocycles. The first-order valence-corrected chi connectivity index (χ1v) is 11.9. The number of carbonyl (C=O) groups is 1. The van der Waals surface area contributed by atoms with Gasteiger partial charge in [-0.15, -0.1) is 0 Å². The van der Waals surface area contributed by atoms with Gasteiger partial charge in [0.1, 0.15) is 11.5 Å². The molecule has 0 spiro atoms. The molecule has 0 unspecified atom stereocenters. The molecule has 0 bridgehead atoms. The summed E-state index contributed by atoms with van der Waals surface area (Å²) in [5, 5.41) is 0. The smallest absolute Gasteiger partial charge is 0.187 e. The lowest BCUT2D eigenvalue weighted by Crippen LogP contribution is -2.36. The highest BCUT2D eigenvalue weighted by Gasteiger charge is 2.23. The SMILES string of the molecule is COc1ccc(N2CCOCC2)cc1C1OCCO1.COc1ccc(N2CCOCC2)cc1C=O. The molecule has 3 aliphatic rings. The monoisotopic (exact) mass is 486 g/mol. The van der Waals surface area contributed by atoms with Crippen molar-refractivity contribution in [1.82, 2.24) is 0 Å². The van der Waals surface area contributed by atoms with Crippen molar-refractivity contribution in [3.8, 4) is 11.5 Å². The van der Waals surface area contributed by atoms with E-state index in [4.69, 9.17) is 28.4 Å². The number of aldehydes is 1. The van der Waals surface area contributed by atoms with E-state index in [1.54, 1.807) is 14.2 Å². The number of anilines is 2. The fourth-order valence-corrected chi connectivity index (χ4v) is 4.29. The molecule has 0 N–H and O–H groups in total. The molecule has 3 heterocycles. The van der Waals surface area contributed by atoms with Crippen molar-refractivity contribution in [3.05, 3.63) is 47.5 Å². The molecule has 0 aromatic heterocycles. The number of hydrogen-bond acceptors (Lipinski definition) is 9. The Morgan fingerprint density at radius 3 is 1.77 bits per heavy atom. The first-order chi connectivity index (χ1) is 17.2. The van der Waals surface area contributed by atoms with E-state index in [0.29, 0.717) is 24.5 Å². The maximum absolute atomic E-state index is 10.9. The third-order valence-corrected chi connectivity index (χ3v) is 6.18. The Balaban J connectivity index is 0.000000168. The maximum atomic E-state index is 10.9. The van der Waals surface area contributed by atoms with Crippen molar-refractivity contribution in [2.45, 2.75) is 6.29 Å². The zero-order chi connectivity index (χ0) is 24.5. The van der Waals surface area contributed by atoms with Crippen molar-refractivity contribution in [1.29, 1.82) is 0 Å². The summed E-state index contributed by atoms with van der Waals surface area (Å²) in [6, 6.07) is 11.8. The van der Waals surface area contributed by atoms with Crippen molar-refractivity contribution in [3.63, 3.8) is 0 Å². The van der Waals surface area contributed by atoms with Gasteiger partial charge in [0, 0.05) is 37.6 Å². The van der Waals surface area contributed by atoms with Gasteiger partial charge < -0.3 is 38.2 Å². The van der Waals surface area contributed by atoms with E-state index >= 15 is 0 Å². The maximum Gasteiger partial charge on any atom is 0.187 e. The Morgan fingerprint density at radius 1 is 0.743 bits per heavy atom. The summed E-state index contributed by atoms with van der Waals surface area (Å²) >= 11 is 0. The molecule has 5 rings (SSSR count). The summed E-state index contributed by atoms with van der Waals surface area (Å²) in [7, 11) is 3.24.